The minimum absolute atomic E-state index is 0.0241. The molecule has 11 heteroatoms. The molecule has 44 heavy (non-hydrogen) atoms. The zero-order valence-corrected chi connectivity index (χ0v) is 26.5. The number of aryl methyl sites for hydroxylation is 2. The van der Waals surface area contributed by atoms with Crippen molar-refractivity contribution in [3.63, 3.8) is 0 Å². The lowest BCUT2D eigenvalue weighted by molar-refractivity contribution is -0.126. The number of rotatable bonds is 8. The Morgan fingerprint density at radius 1 is 1.23 bits per heavy atom. The molecule has 1 amide bonds. The number of benzene rings is 1. The highest BCUT2D eigenvalue weighted by Gasteiger charge is 2.30. The Hall–Kier alpha value is -4.31. The van der Waals surface area contributed by atoms with Crippen LogP contribution in [0.25, 0.3) is 16.7 Å². The standard InChI is InChI=1S/C33H37ClFN7O2/c1-7-22-16-24-31(41-14-13-40(18-21(41)6)28(43)8-2)39-33(44)42(29-20(5)11-12-36-27(29)15-19(3)4)32(24)38-30(22)37-23-9-10-25(34)26(35)17-23/h8-12,16-17,19,21H,2,7,13-15,18H2,1,3-6H3,(H,37,38)/t21-/m0/s1. The molecule has 1 aliphatic heterocycles. The van der Waals surface area contributed by atoms with E-state index in [-0.39, 0.29) is 17.0 Å². The molecule has 0 unspecified atom stereocenters. The van der Waals surface area contributed by atoms with Crippen LogP contribution in [0.3, 0.4) is 0 Å². The molecule has 0 spiro atoms. The number of carbonyl (C=O) groups excluding carboxylic acids is 1. The number of carbonyl (C=O) groups is 1. The van der Waals surface area contributed by atoms with Crippen molar-refractivity contribution >= 4 is 45.9 Å². The van der Waals surface area contributed by atoms with E-state index in [0.29, 0.717) is 72.4 Å². The topological polar surface area (TPSA) is 96.3 Å². The third kappa shape index (κ3) is 6.04. The van der Waals surface area contributed by atoms with Gasteiger partial charge in [-0.15, -0.1) is 0 Å². The molecule has 0 bridgehead atoms. The molecule has 0 aliphatic carbocycles. The Morgan fingerprint density at radius 3 is 2.66 bits per heavy atom. The van der Waals surface area contributed by atoms with E-state index in [1.54, 1.807) is 21.7 Å². The number of anilines is 3. The van der Waals surface area contributed by atoms with Crippen molar-refractivity contribution in [2.45, 2.75) is 53.5 Å². The maximum absolute atomic E-state index is 14.4. The monoisotopic (exact) mass is 617 g/mol. The van der Waals surface area contributed by atoms with E-state index in [2.05, 4.69) is 40.6 Å². The van der Waals surface area contributed by atoms with Gasteiger partial charge in [0, 0.05) is 37.6 Å². The van der Waals surface area contributed by atoms with E-state index in [1.807, 2.05) is 32.9 Å². The van der Waals surface area contributed by atoms with Crippen LogP contribution in [0.2, 0.25) is 5.02 Å². The molecular formula is C33H37ClFN7O2. The molecule has 1 aliphatic rings. The Kier molecular flexibility index (Phi) is 9.01. The minimum atomic E-state index is -0.550. The van der Waals surface area contributed by atoms with E-state index in [0.717, 1.165) is 16.8 Å². The maximum Gasteiger partial charge on any atom is 0.355 e. The Bertz CT molecular complexity index is 1810. The second kappa shape index (κ2) is 12.7. The lowest BCUT2D eigenvalue weighted by Crippen LogP contribution is -2.54. The Morgan fingerprint density at radius 2 is 2.00 bits per heavy atom. The van der Waals surface area contributed by atoms with Gasteiger partial charge in [-0.3, -0.25) is 9.78 Å². The zero-order valence-electron chi connectivity index (χ0n) is 25.7. The van der Waals surface area contributed by atoms with E-state index in [4.69, 9.17) is 16.6 Å². The van der Waals surface area contributed by atoms with Gasteiger partial charge in [0.05, 0.1) is 21.8 Å². The largest absolute Gasteiger partial charge is 0.355 e. The van der Waals surface area contributed by atoms with Crippen molar-refractivity contribution in [1.29, 1.82) is 0 Å². The number of hydrogen-bond donors (Lipinski definition) is 1. The van der Waals surface area contributed by atoms with Gasteiger partial charge in [-0.05, 0) is 80.1 Å². The van der Waals surface area contributed by atoms with Crippen molar-refractivity contribution < 1.29 is 9.18 Å². The second-order valence-corrected chi connectivity index (χ2v) is 12.0. The highest BCUT2D eigenvalue weighted by molar-refractivity contribution is 6.30. The first-order valence-electron chi connectivity index (χ1n) is 14.8. The SMILES string of the molecule is C=CC(=O)N1CCN(c2nc(=O)n(-c3c(C)ccnc3CC(C)C)c3nc(Nc4ccc(Cl)c(F)c4)c(CC)cc23)[C@@H](C)C1. The average molecular weight is 618 g/mol. The van der Waals surface area contributed by atoms with Crippen LogP contribution in [-0.2, 0) is 17.6 Å². The third-order valence-corrected chi connectivity index (χ3v) is 8.21. The fourth-order valence-electron chi connectivity index (χ4n) is 5.73. The van der Waals surface area contributed by atoms with Gasteiger partial charge in [0.25, 0.3) is 0 Å². The molecule has 230 valence electrons. The quantitative estimate of drug-likeness (QED) is 0.242. The first-order valence-corrected chi connectivity index (χ1v) is 15.2. The molecule has 4 aromatic rings. The highest BCUT2D eigenvalue weighted by Crippen LogP contribution is 2.33. The van der Waals surface area contributed by atoms with Gasteiger partial charge < -0.3 is 15.1 Å². The average Bonchev–Trinajstić information content (AvgIpc) is 2.98. The van der Waals surface area contributed by atoms with Crippen molar-refractivity contribution in [3.8, 4) is 5.69 Å². The van der Waals surface area contributed by atoms with Gasteiger partial charge >= 0.3 is 5.69 Å². The minimum Gasteiger partial charge on any atom is -0.350 e. The molecule has 0 radical (unpaired) electrons. The number of halogens is 2. The fraction of sp³-hybridized carbons (Fsp3) is 0.364. The second-order valence-electron chi connectivity index (χ2n) is 11.6. The van der Waals surface area contributed by atoms with E-state index in [9.17, 15) is 14.0 Å². The number of piperazine rings is 1. The predicted molar refractivity (Wildman–Crippen MR) is 174 cm³/mol. The van der Waals surface area contributed by atoms with Crippen LogP contribution >= 0.6 is 11.6 Å². The first-order chi connectivity index (χ1) is 21.0. The van der Waals surface area contributed by atoms with Crippen LogP contribution in [0.4, 0.5) is 21.7 Å². The predicted octanol–water partition coefficient (Wildman–Crippen LogP) is 6.00. The van der Waals surface area contributed by atoms with Crippen molar-refractivity contribution in [1.82, 2.24) is 24.4 Å². The smallest absolute Gasteiger partial charge is 0.350 e. The highest BCUT2D eigenvalue weighted by atomic mass is 35.5. The number of aromatic nitrogens is 4. The zero-order chi connectivity index (χ0) is 31.7. The van der Waals surface area contributed by atoms with E-state index >= 15 is 0 Å². The van der Waals surface area contributed by atoms with E-state index < -0.39 is 11.5 Å². The first kappa shape index (κ1) is 31.1. The van der Waals surface area contributed by atoms with Crippen LogP contribution < -0.4 is 15.9 Å². The number of fused-ring (bicyclic) bond motifs is 1. The number of nitrogens with one attached hydrogen (secondary N) is 1. The van der Waals surface area contributed by atoms with Crippen molar-refractivity contribution in [2.24, 2.45) is 5.92 Å². The molecule has 1 saturated heterocycles. The lowest BCUT2D eigenvalue weighted by atomic mass is 10.0. The van der Waals surface area contributed by atoms with Gasteiger partial charge in [-0.1, -0.05) is 39.0 Å². The molecule has 9 nitrogen and oxygen atoms in total. The fourth-order valence-corrected chi connectivity index (χ4v) is 5.85. The van der Waals surface area contributed by atoms with Gasteiger partial charge in [0.2, 0.25) is 5.91 Å². The molecular weight excluding hydrogens is 581 g/mol. The van der Waals surface area contributed by atoms with Gasteiger partial charge in [-0.25, -0.2) is 18.7 Å². The van der Waals surface area contributed by atoms with Crippen LogP contribution in [0.5, 0.6) is 0 Å². The summed E-state index contributed by atoms with van der Waals surface area (Å²) < 4.78 is 15.9. The molecule has 0 saturated carbocycles. The molecule has 5 rings (SSSR count). The van der Waals surface area contributed by atoms with Crippen LogP contribution in [0.15, 0.2) is 54.0 Å². The van der Waals surface area contributed by atoms with Crippen LogP contribution in [-0.4, -0.2) is 56.0 Å². The molecule has 1 aromatic carbocycles. The Balaban J connectivity index is 1.76. The number of hydrogen-bond acceptors (Lipinski definition) is 7. The third-order valence-electron chi connectivity index (χ3n) is 7.90. The van der Waals surface area contributed by atoms with Gasteiger partial charge in [-0.2, -0.15) is 4.98 Å². The summed E-state index contributed by atoms with van der Waals surface area (Å²) in [6.07, 6.45) is 4.34. The molecule has 1 fully saturated rings. The molecule has 1 atom stereocenters. The van der Waals surface area contributed by atoms with Gasteiger partial charge in [0.1, 0.15) is 17.5 Å². The lowest BCUT2D eigenvalue weighted by Gasteiger charge is -2.40. The van der Waals surface area contributed by atoms with Crippen molar-refractivity contribution in [3.05, 3.63) is 87.3 Å². The summed E-state index contributed by atoms with van der Waals surface area (Å²) >= 11 is 5.93. The van der Waals surface area contributed by atoms with Crippen molar-refractivity contribution in [2.75, 3.05) is 29.9 Å². The number of pyridine rings is 2. The summed E-state index contributed by atoms with van der Waals surface area (Å²) in [5.74, 6) is 0.625. The summed E-state index contributed by atoms with van der Waals surface area (Å²) in [6.45, 7) is 15.2. The summed E-state index contributed by atoms with van der Waals surface area (Å²) in [5, 5.41) is 3.97. The van der Waals surface area contributed by atoms with E-state index in [1.165, 1.54) is 18.2 Å². The summed E-state index contributed by atoms with van der Waals surface area (Å²) in [6, 6.07) is 8.24. The molecule has 3 aromatic heterocycles. The Labute approximate surface area is 261 Å². The van der Waals surface area contributed by atoms with Crippen LogP contribution in [0.1, 0.15) is 44.5 Å². The van der Waals surface area contributed by atoms with Gasteiger partial charge in [0.15, 0.2) is 5.65 Å². The summed E-state index contributed by atoms with van der Waals surface area (Å²) in [7, 11) is 0. The summed E-state index contributed by atoms with van der Waals surface area (Å²) in [5.41, 5.74) is 3.57. The van der Waals surface area contributed by atoms with Crippen LogP contribution in [0, 0.1) is 18.7 Å². The normalized spacial score (nSPS) is 15.2. The molecule has 1 N–H and O–H groups in total. The number of nitrogens with zero attached hydrogens (tertiary/aromatic N) is 6. The maximum atomic E-state index is 14.4. The number of amides is 1. The molecule has 4 heterocycles. The summed E-state index contributed by atoms with van der Waals surface area (Å²) in [4.78, 5) is 44.7.